The molecule has 0 aliphatic carbocycles. The maximum atomic E-state index is 4.63. The van der Waals surface area contributed by atoms with Crippen molar-refractivity contribution in [2.45, 2.75) is 19.4 Å². The van der Waals surface area contributed by atoms with Crippen LogP contribution in [0.15, 0.2) is 61.2 Å². The van der Waals surface area contributed by atoms with Gasteiger partial charge in [-0.1, -0.05) is 17.3 Å². The summed E-state index contributed by atoms with van der Waals surface area (Å²) in [6, 6.07) is 12.8. The van der Waals surface area contributed by atoms with Gasteiger partial charge in [-0.3, -0.25) is 14.6 Å². The Hall–Kier alpha value is -3.74. The number of rotatable bonds is 4. The Morgan fingerprint density at radius 1 is 0.967 bits per heavy atom. The number of anilines is 1. The van der Waals surface area contributed by atoms with E-state index < -0.39 is 0 Å². The molecule has 3 heterocycles. The standard InChI is InChI=1S/C23H23N7/c1-23(2,21-14-26-28-30(21)4)27-17-12-18(22-19(13-17)24-8-9-25-22)16-6-5-15-7-10-29(3)20(15)11-16/h5-14,27H,1-4H3. The number of nitrogens with zero attached hydrogens (tertiary/aromatic N) is 6. The summed E-state index contributed by atoms with van der Waals surface area (Å²) in [6.07, 6.45) is 7.34. The first-order valence-corrected chi connectivity index (χ1v) is 9.86. The van der Waals surface area contributed by atoms with E-state index in [0.29, 0.717) is 0 Å². The number of hydrogen-bond acceptors (Lipinski definition) is 5. The molecule has 0 amide bonds. The average molecular weight is 397 g/mol. The number of fused-ring (bicyclic) bond motifs is 2. The maximum Gasteiger partial charge on any atom is 0.0966 e. The number of benzene rings is 2. The predicted molar refractivity (Wildman–Crippen MR) is 119 cm³/mol. The lowest BCUT2D eigenvalue weighted by molar-refractivity contribution is 0.534. The molecule has 0 fully saturated rings. The molecule has 30 heavy (non-hydrogen) atoms. The topological polar surface area (TPSA) is 73.5 Å². The van der Waals surface area contributed by atoms with Crippen LogP contribution in [0.5, 0.6) is 0 Å². The van der Waals surface area contributed by atoms with Crippen LogP contribution in [0.2, 0.25) is 0 Å². The number of aryl methyl sites for hydroxylation is 2. The van der Waals surface area contributed by atoms with Crippen molar-refractivity contribution in [2.75, 3.05) is 5.32 Å². The van der Waals surface area contributed by atoms with Gasteiger partial charge in [0.25, 0.3) is 0 Å². The van der Waals surface area contributed by atoms with Crippen molar-refractivity contribution in [3.63, 3.8) is 0 Å². The van der Waals surface area contributed by atoms with E-state index in [1.54, 1.807) is 23.3 Å². The lowest BCUT2D eigenvalue weighted by Crippen LogP contribution is -2.30. The van der Waals surface area contributed by atoms with E-state index in [-0.39, 0.29) is 5.54 Å². The van der Waals surface area contributed by atoms with Crippen LogP contribution in [-0.2, 0) is 19.6 Å². The van der Waals surface area contributed by atoms with E-state index in [9.17, 15) is 0 Å². The molecule has 0 aliphatic rings. The summed E-state index contributed by atoms with van der Waals surface area (Å²) >= 11 is 0. The van der Waals surface area contributed by atoms with Crippen LogP contribution < -0.4 is 5.32 Å². The molecule has 0 unspecified atom stereocenters. The van der Waals surface area contributed by atoms with Crippen molar-refractivity contribution < 1.29 is 0 Å². The molecule has 5 rings (SSSR count). The largest absolute Gasteiger partial charge is 0.374 e. The van der Waals surface area contributed by atoms with E-state index in [1.165, 1.54) is 10.9 Å². The molecule has 7 nitrogen and oxygen atoms in total. The molecule has 5 aromatic rings. The van der Waals surface area contributed by atoms with E-state index in [0.717, 1.165) is 33.5 Å². The second-order valence-electron chi connectivity index (χ2n) is 8.14. The summed E-state index contributed by atoms with van der Waals surface area (Å²) in [5.74, 6) is 0. The van der Waals surface area contributed by atoms with Crippen molar-refractivity contribution in [1.82, 2.24) is 29.5 Å². The average Bonchev–Trinajstić information content (AvgIpc) is 3.33. The Bertz CT molecular complexity index is 1380. The Balaban J connectivity index is 1.66. The molecule has 0 saturated heterocycles. The second-order valence-corrected chi connectivity index (χ2v) is 8.14. The molecule has 2 aromatic carbocycles. The summed E-state index contributed by atoms with van der Waals surface area (Å²) in [7, 11) is 3.96. The zero-order chi connectivity index (χ0) is 20.9. The van der Waals surface area contributed by atoms with Gasteiger partial charge in [-0.2, -0.15) is 0 Å². The normalized spacial score (nSPS) is 12.0. The first-order chi connectivity index (χ1) is 14.4. The van der Waals surface area contributed by atoms with E-state index in [1.807, 2.05) is 13.1 Å². The molecule has 0 spiro atoms. The fourth-order valence-corrected chi connectivity index (χ4v) is 4.08. The molecule has 0 saturated carbocycles. The highest BCUT2D eigenvalue weighted by Gasteiger charge is 2.25. The smallest absolute Gasteiger partial charge is 0.0966 e. The van der Waals surface area contributed by atoms with Gasteiger partial charge in [0.15, 0.2) is 0 Å². The van der Waals surface area contributed by atoms with Crippen LogP contribution in [0.25, 0.3) is 33.1 Å². The molecule has 3 aromatic heterocycles. The minimum atomic E-state index is -0.368. The monoisotopic (exact) mass is 397 g/mol. The van der Waals surface area contributed by atoms with Gasteiger partial charge >= 0.3 is 0 Å². The highest BCUT2D eigenvalue weighted by molar-refractivity contribution is 5.97. The third-order valence-electron chi connectivity index (χ3n) is 5.58. The fraction of sp³-hybridized carbons (Fsp3) is 0.217. The molecule has 0 aliphatic heterocycles. The van der Waals surface area contributed by atoms with Gasteiger partial charge in [-0.25, -0.2) is 0 Å². The summed E-state index contributed by atoms with van der Waals surface area (Å²) in [4.78, 5) is 9.20. The van der Waals surface area contributed by atoms with Crippen molar-refractivity contribution in [1.29, 1.82) is 0 Å². The van der Waals surface area contributed by atoms with Gasteiger partial charge < -0.3 is 9.88 Å². The number of hydrogen-bond donors (Lipinski definition) is 1. The van der Waals surface area contributed by atoms with Gasteiger partial charge in [0, 0.05) is 49.5 Å². The first-order valence-electron chi connectivity index (χ1n) is 9.86. The van der Waals surface area contributed by atoms with Crippen LogP contribution in [0.4, 0.5) is 5.69 Å². The third kappa shape index (κ3) is 2.99. The molecule has 7 heteroatoms. The zero-order valence-corrected chi connectivity index (χ0v) is 17.5. The molecule has 0 bridgehead atoms. The molecule has 0 radical (unpaired) electrons. The number of nitrogens with one attached hydrogen (secondary N) is 1. The quantitative estimate of drug-likeness (QED) is 0.490. The minimum Gasteiger partial charge on any atom is -0.374 e. The summed E-state index contributed by atoms with van der Waals surface area (Å²) in [6.45, 7) is 4.23. The van der Waals surface area contributed by atoms with E-state index >= 15 is 0 Å². The Labute approximate surface area is 174 Å². The Kier molecular flexibility index (Phi) is 4.06. The van der Waals surface area contributed by atoms with E-state index in [4.69, 9.17) is 0 Å². The van der Waals surface area contributed by atoms with Crippen LogP contribution in [0.3, 0.4) is 0 Å². The van der Waals surface area contributed by atoms with Gasteiger partial charge in [-0.05, 0) is 49.1 Å². The van der Waals surface area contributed by atoms with Gasteiger partial charge in [0.05, 0.1) is 28.5 Å². The molecular weight excluding hydrogens is 374 g/mol. The lowest BCUT2D eigenvalue weighted by Gasteiger charge is -2.27. The summed E-state index contributed by atoms with van der Waals surface area (Å²) in [5, 5.41) is 13.0. The van der Waals surface area contributed by atoms with Crippen molar-refractivity contribution in [3.8, 4) is 11.1 Å². The Morgan fingerprint density at radius 2 is 1.80 bits per heavy atom. The zero-order valence-electron chi connectivity index (χ0n) is 17.5. The molecule has 150 valence electrons. The fourth-order valence-electron chi connectivity index (χ4n) is 4.08. The van der Waals surface area contributed by atoms with Gasteiger partial charge in [0.2, 0.25) is 0 Å². The molecule has 1 N–H and O–H groups in total. The highest BCUT2D eigenvalue weighted by atomic mass is 15.4. The van der Waals surface area contributed by atoms with E-state index in [2.05, 4.69) is 87.6 Å². The van der Waals surface area contributed by atoms with Gasteiger partial charge in [-0.15, -0.1) is 5.10 Å². The third-order valence-corrected chi connectivity index (χ3v) is 5.58. The van der Waals surface area contributed by atoms with Crippen LogP contribution in [0.1, 0.15) is 19.5 Å². The first kappa shape index (κ1) is 18.3. The van der Waals surface area contributed by atoms with Crippen LogP contribution in [-0.4, -0.2) is 29.5 Å². The van der Waals surface area contributed by atoms with Crippen molar-refractivity contribution in [3.05, 3.63) is 66.9 Å². The molecular formula is C23H23N7. The second kappa shape index (κ2) is 6.66. The number of aromatic nitrogens is 6. The highest BCUT2D eigenvalue weighted by Crippen LogP contribution is 2.34. The predicted octanol–water partition coefficient (Wildman–Crippen LogP) is 4.26. The summed E-state index contributed by atoms with van der Waals surface area (Å²) < 4.78 is 3.92. The summed E-state index contributed by atoms with van der Waals surface area (Å²) in [5.41, 5.74) is 6.67. The lowest BCUT2D eigenvalue weighted by atomic mass is 9.98. The van der Waals surface area contributed by atoms with Crippen molar-refractivity contribution >= 4 is 27.6 Å². The van der Waals surface area contributed by atoms with Crippen molar-refractivity contribution in [2.24, 2.45) is 14.1 Å². The van der Waals surface area contributed by atoms with Crippen LogP contribution >= 0.6 is 0 Å². The molecule has 0 atom stereocenters. The Morgan fingerprint density at radius 3 is 2.60 bits per heavy atom. The maximum absolute atomic E-state index is 4.63. The SMILES string of the molecule is Cn1nncc1C(C)(C)Nc1cc(-c2ccc3ccn(C)c3c2)c2nccnc2c1. The van der Waals surface area contributed by atoms with Gasteiger partial charge in [0.1, 0.15) is 0 Å². The minimum absolute atomic E-state index is 0.368. The van der Waals surface area contributed by atoms with Crippen LogP contribution in [0, 0.1) is 0 Å².